The van der Waals surface area contributed by atoms with Gasteiger partial charge in [-0.25, -0.2) is 4.39 Å². The molecule has 0 radical (unpaired) electrons. The topological polar surface area (TPSA) is 69.1 Å². The molecule has 0 aliphatic carbocycles. The summed E-state index contributed by atoms with van der Waals surface area (Å²) in [6, 6.07) is 6.68. The molecule has 2 rings (SSSR count). The molecule has 1 aliphatic heterocycles. The van der Waals surface area contributed by atoms with Crippen LogP contribution in [0.2, 0.25) is 0 Å². The van der Waals surface area contributed by atoms with Gasteiger partial charge in [-0.2, -0.15) is 0 Å². The second-order valence-electron chi connectivity index (χ2n) is 7.11. The lowest BCUT2D eigenvalue weighted by Crippen LogP contribution is -2.46. The summed E-state index contributed by atoms with van der Waals surface area (Å²) in [7, 11) is 5.73. The maximum absolute atomic E-state index is 13.2. The number of hydrogen-bond donors (Lipinski definition) is 3. The number of rotatable bonds is 8. The minimum Gasteiger partial charge on any atom is -0.396 e. The van der Waals surface area contributed by atoms with Crippen LogP contribution in [0.15, 0.2) is 29.3 Å². The van der Waals surface area contributed by atoms with Gasteiger partial charge in [0.1, 0.15) is 5.82 Å². The number of likely N-dealkylation sites (N-methyl/N-ethyl adjacent to an activating group) is 1. The molecule has 6 nitrogen and oxygen atoms in total. The average molecular weight is 494 g/mol. The predicted molar refractivity (Wildman–Crippen MR) is 117 cm³/mol. The quantitative estimate of drug-likeness (QED) is 0.293. The molecule has 1 aromatic rings. The highest BCUT2D eigenvalue weighted by Crippen LogP contribution is 2.31. The van der Waals surface area contributed by atoms with Crippen LogP contribution in [-0.4, -0.2) is 70.0 Å². The lowest BCUT2D eigenvalue weighted by Gasteiger charge is -2.29. The Morgan fingerprint density at radius 2 is 2.04 bits per heavy atom. The number of aliphatic hydroxyl groups is 1. The summed E-state index contributed by atoms with van der Waals surface area (Å²) in [5.41, 5.74) is 1.00. The van der Waals surface area contributed by atoms with E-state index in [0.717, 1.165) is 18.6 Å². The fraction of sp³-hybridized carbons (Fsp3) is 0.632. The molecule has 1 heterocycles. The third kappa shape index (κ3) is 7.17. The van der Waals surface area contributed by atoms with Crippen molar-refractivity contribution < 1.29 is 14.2 Å². The molecule has 0 saturated carbocycles. The molecule has 1 aliphatic rings. The Labute approximate surface area is 178 Å². The third-order valence-corrected chi connectivity index (χ3v) is 5.02. The maximum Gasteiger partial charge on any atom is 0.191 e. The molecule has 0 bridgehead atoms. The molecule has 1 fully saturated rings. The van der Waals surface area contributed by atoms with E-state index in [1.165, 1.54) is 12.1 Å². The first-order valence-corrected chi connectivity index (χ1v) is 9.05. The van der Waals surface area contributed by atoms with Gasteiger partial charge in [-0.3, -0.25) is 4.99 Å². The van der Waals surface area contributed by atoms with Gasteiger partial charge in [-0.15, -0.1) is 24.0 Å². The molecule has 2 atom stereocenters. The molecule has 1 saturated heterocycles. The molecule has 27 heavy (non-hydrogen) atoms. The predicted octanol–water partition coefficient (Wildman–Crippen LogP) is 2.00. The van der Waals surface area contributed by atoms with Gasteiger partial charge in [-0.1, -0.05) is 12.1 Å². The van der Waals surface area contributed by atoms with Crippen molar-refractivity contribution in [3.63, 3.8) is 0 Å². The van der Waals surface area contributed by atoms with Gasteiger partial charge >= 0.3 is 0 Å². The number of aliphatic hydroxyl groups excluding tert-OH is 1. The lowest BCUT2D eigenvalue weighted by molar-refractivity contribution is 0.127. The molecule has 2 unspecified atom stereocenters. The van der Waals surface area contributed by atoms with Crippen LogP contribution in [0.25, 0.3) is 0 Å². The monoisotopic (exact) mass is 494 g/mol. The van der Waals surface area contributed by atoms with Gasteiger partial charge in [-0.05, 0) is 44.6 Å². The van der Waals surface area contributed by atoms with Gasteiger partial charge in [0, 0.05) is 38.8 Å². The Bertz CT molecular complexity index is 578. The normalized spacial score (nSPS) is 21.0. The van der Waals surface area contributed by atoms with Gasteiger partial charge in [0.25, 0.3) is 0 Å². The van der Waals surface area contributed by atoms with E-state index in [1.807, 2.05) is 26.2 Å². The molecule has 0 spiro atoms. The smallest absolute Gasteiger partial charge is 0.191 e. The van der Waals surface area contributed by atoms with E-state index >= 15 is 0 Å². The highest BCUT2D eigenvalue weighted by molar-refractivity contribution is 14.0. The van der Waals surface area contributed by atoms with Crippen LogP contribution in [0.1, 0.15) is 24.4 Å². The highest BCUT2D eigenvalue weighted by atomic mass is 127. The summed E-state index contributed by atoms with van der Waals surface area (Å²) < 4.78 is 18.7. The summed E-state index contributed by atoms with van der Waals surface area (Å²) in [5, 5.41) is 16.0. The maximum atomic E-state index is 13.2. The Morgan fingerprint density at radius 1 is 1.33 bits per heavy atom. The number of nitrogens with one attached hydrogen (secondary N) is 2. The minimum absolute atomic E-state index is 0. The third-order valence-electron chi connectivity index (χ3n) is 5.02. The molecule has 0 aromatic heterocycles. The van der Waals surface area contributed by atoms with E-state index in [0.29, 0.717) is 32.1 Å². The summed E-state index contributed by atoms with van der Waals surface area (Å²) in [4.78, 5) is 6.38. The van der Waals surface area contributed by atoms with Crippen molar-refractivity contribution in [2.45, 2.75) is 18.9 Å². The number of halogens is 2. The first kappa shape index (κ1) is 24.1. The summed E-state index contributed by atoms with van der Waals surface area (Å²) in [6.45, 7) is 2.90. The van der Waals surface area contributed by atoms with Crippen molar-refractivity contribution in [2.24, 2.45) is 10.4 Å². The fourth-order valence-electron chi connectivity index (χ4n) is 3.28. The largest absolute Gasteiger partial charge is 0.396 e. The Balaban J connectivity index is 0.00000364. The van der Waals surface area contributed by atoms with Gasteiger partial charge in [0.15, 0.2) is 5.96 Å². The van der Waals surface area contributed by atoms with Crippen LogP contribution in [0.5, 0.6) is 0 Å². The molecule has 3 N–H and O–H groups in total. The van der Waals surface area contributed by atoms with E-state index < -0.39 is 0 Å². The molecule has 0 amide bonds. The van der Waals surface area contributed by atoms with E-state index in [9.17, 15) is 9.50 Å². The number of guanidine groups is 1. The molecular weight excluding hydrogens is 462 g/mol. The summed E-state index contributed by atoms with van der Waals surface area (Å²) >= 11 is 0. The summed E-state index contributed by atoms with van der Waals surface area (Å²) in [6.07, 6.45) is 1.65. The Hall–Kier alpha value is -0.970. The van der Waals surface area contributed by atoms with Gasteiger partial charge in [0.2, 0.25) is 0 Å². The van der Waals surface area contributed by atoms with Crippen LogP contribution < -0.4 is 10.6 Å². The average Bonchev–Trinajstić information content (AvgIpc) is 3.08. The summed E-state index contributed by atoms with van der Waals surface area (Å²) in [5.74, 6) is 0.479. The number of ether oxygens (including phenoxy) is 1. The van der Waals surface area contributed by atoms with Crippen LogP contribution in [0.3, 0.4) is 0 Å². The van der Waals surface area contributed by atoms with Crippen LogP contribution in [-0.2, 0) is 4.74 Å². The van der Waals surface area contributed by atoms with Crippen molar-refractivity contribution in [3.8, 4) is 0 Å². The standard InChI is InChI=1S/C19H31FN4O2.HI/c1-21-18(23-13-19(8-10-25)9-11-26-14-19)22-12-17(24(2)3)15-4-6-16(20)7-5-15;/h4-7,17,25H,8-14H2,1-3H3,(H2,21,22,23);1H. The van der Waals surface area contributed by atoms with E-state index in [-0.39, 0.29) is 47.9 Å². The molecule has 1 aromatic carbocycles. The van der Waals surface area contributed by atoms with Crippen LogP contribution in [0, 0.1) is 11.2 Å². The fourth-order valence-corrected chi connectivity index (χ4v) is 3.28. The lowest BCUT2D eigenvalue weighted by atomic mass is 9.84. The van der Waals surface area contributed by atoms with Crippen molar-refractivity contribution in [1.82, 2.24) is 15.5 Å². The minimum atomic E-state index is -0.232. The van der Waals surface area contributed by atoms with Crippen LogP contribution >= 0.6 is 24.0 Å². The van der Waals surface area contributed by atoms with Crippen molar-refractivity contribution in [2.75, 3.05) is 54.1 Å². The van der Waals surface area contributed by atoms with E-state index in [4.69, 9.17) is 4.74 Å². The zero-order valence-electron chi connectivity index (χ0n) is 16.4. The van der Waals surface area contributed by atoms with Crippen molar-refractivity contribution >= 4 is 29.9 Å². The van der Waals surface area contributed by atoms with E-state index in [1.54, 1.807) is 7.05 Å². The first-order valence-electron chi connectivity index (χ1n) is 9.05. The van der Waals surface area contributed by atoms with Gasteiger partial charge in [0.05, 0.1) is 12.6 Å². The second-order valence-corrected chi connectivity index (χ2v) is 7.11. The number of nitrogens with zero attached hydrogens (tertiary/aromatic N) is 2. The number of aliphatic imine (C=N–C) groups is 1. The Morgan fingerprint density at radius 3 is 2.56 bits per heavy atom. The number of hydrogen-bond acceptors (Lipinski definition) is 4. The zero-order chi connectivity index (χ0) is 19.0. The van der Waals surface area contributed by atoms with Crippen molar-refractivity contribution in [1.29, 1.82) is 0 Å². The molecule has 154 valence electrons. The van der Waals surface area contributed by atoms with Gasteiger partial charge < -0.3 is 25.4 Å². The highest BCUT2D eigenvalue weighted by Gasteiger charge is 2.34. The zero-order valence-corrected chi connectivity index (χ0v) is 18.7. The van der Waals surface area contributed by atoms with Crippen LogP contribution in [0.4, 0.5) is 4.39 Å². The first-order chi connectivity index (χ1) is 12.5. The SMILES string of the molecule is CN=C(NCC(c1ccc(F)cc1)N(C)C)NCC1(CCO)CCOC1.I. The molecule has 8 heteroatoms. The Kier molecular flexibility index (Phi) is 10.5. The van der Waals surface area contributed by atoms with Crippen molar-refractivity contribution in [3.05, 3.63) is 35.6 Å². The second kappa shape index (κ2) is 11.8. The van der Waals surface area contributed by atoms with E-state index in [2.05, 4.69) is 20.5 Å². The molecular formula is C19H32FIN4O2. The number of benzene rings is 1.